The molecule has 2 nitrogen and oxygen atoms in total. The molecule has 0 bridgehead atoms. The molecule has 96 valence electrons. The Morgan fingerprint density at radius 3 is 2.63 bits per heavy atom. The number of fused-ring (bicyclic) bond motifs is 3. The van der Waals surface area contributed by atoms with E-state index in [0.29, 0.717) is 5.92 Å². The molecule has 1 aliphatic rings. The Morgan fingerprint density at radius 1 is 1.16 bits per heavy atom. The summed E-state index contributed by atoms with van der Waals surface area (Å²) in [6, 6.07) is 12.1. The van der Waals surface area contributed by atoms with Crippen LogP contribution >= 0.6 is 11.6 Å². The molecule has 3 aromatic rings. The number of furan rings is 1. The van der Waals surface area contributed by atoms with Crippen molar-refractivity contribution in [2.24, 2.45) is 11.7 Å². The van der Waals surface area contributed by atoms with Gasteiger partial charge < -0.3 is 10.2 Å². The van der Waals surface area contributed by atoms with E-state index in [2.05, 4.69) is 0 Å². The average molecular weight is 272 g/mol. The van der Waals surface area contributed by atoms with Crippen LogP contribution in [0, 0.1) is 5.92 Å². The van der Waals surface area contributed by atoms with Gasteiger partial charge >= 0.3 is 0 Å². The Labute approximate surface area is 116 Å². The Morgan fingerprint density at radius 2 is 1.89 bits per heavy atom. The third kappa shape index (κ3) is 1.75. The molecule has 0 radical (unpaired) electrons. The summed E-state index contributed by atoms with van der Waals surface area (Å²) in [5, 5.41) is 3.88. The van der Waals surface area contributed by atoms with Gasteiger partial charge in [0, 0.05) is 21.2 Å². The molecular weight excluding hydrogens is 258 g/mol. The largest absolute Gasteiger partial charge is 0.459 e. The summed E-state index contributed by atoms with van der Waals surface area (Å²) < 4.78 is 6.02. The highest BCUT2D eigenvalue weighted by atomic mass is 35.5. The Hall–Kier alpha value is -1.51. The van der Waals surface area contributed by atoms with Crippen molar-refractivity contribution < 1.29 is 4.42 Å². The van der Waals surface area contributed by atoms with Gasteiger partial charge in [-0.25, -0.2) is 0 Å². The lowest BCUT2D eigenvalue weighted by Crippen LogP contribution is -2.10. The maximum absolute atomic E-state index is 6.33. The van der Waals surface area contributed by atoms with Crippen LogP contribution in [0.3, 0.4) is 0 Å². The van der Waals surface area contributed by atoms with Crippen LogP contribution < -0.4 is 5.73 Å². The minimum absolute atomic E-state index is 0.0185. The van der Waals surface area contributed by atoms with Gasteiger partial charge in [0.2, 0.25) is 0 Å². The number of nitrogens with two attached hydrogens (primary N) is 1. The molecule has 2 aromatic carbocycles. The summed E-state index contributed by atoms with van der Waals surface area (Å²) in [5.41, 5.74) is 7.11. The van der Waals surface area contributed by atoms with Crippen molar-refractivity contribution in [2.75, 3.05) is 0 Å². The van der Waals surface area contributed by atoms with Crippen molar-refractivity contribution in [1.29, 1.82) is 0 Å². The second-order valence-corrected chi connectivity index (χ2v) is 5.74. The summed E-state index contributed by atoms with van der Waals surface area (Å²) in [5.74, 6) is 1.47. The van der Waals surface area contributed by atoms with Gasteiger partial charge in [0.15, 0.2) is 0 Å². The number of hydrogen-bond acceptors (Lipinski definition) is 2. The van der Waals surface area contributed by atoms with E-state index >= 15 is 0 Å². The Balaban J connectivity index is 1.99. The molecule has 0 spiro atoms. The van der Waals surface area contributed by atoms with Gasteiger partial charge in [-0.05, 0) is 30.9 Å². The zero-order valence-corrected chi connectivity index (χ0v) is 11.2. The number of hydrogen-bond donors (Lipinski definition) is 1. The fourth-order valence-electron chi connectivity index (χ4n) is 2.70. The molecule has 1 atom stereocenters. The molecule has 1 aromatic heterocycles. The second kappa shape index (κ2) is 3.99. The van der Waals surface area contributed by atoms with Crippen LogP contribution in [0.2, 0.25) is 5.02 Å². The van der Waals surface area contributed by atoms with Crippen LogP contribution in [-0.4, -0.2) is 0 Å². The van der Waals surface area contributed by atoms with Crippen molar-refractivity contribution in [1.82, 2.24) is 0 Å². The first-order valence-corrected chi connectivity index (χ1v) is 6.98. The predicted molar refractivity (Wildman–Crippen MR) is 78.4 cm³/mol. The molecule has 1 unspecified atom stereocenters. The van der Waals surface area contributed by atoms with E-state index in [-0.39, 0.29) is 6.04 Å². The van der Waals surface area contributed by atoms with Gasteiger partial charge in [-0.15, -0.1) is 0 Å². The van der Waals surface area contributed by atoms with Gasteiger partial charge in [-0.2, -0.15) is 0 Å². The van der Waals surface area contributed by atoms with Crippen molar-refractivity contribution >= 4 is 33.3 Å². The first kappa shape index (κ1) is 11.3. The zero-order valence-electron chi connectivity index (χ0n) is 10.4. The molecule has 0 saturated heterocycles. The maximum Gasteiger partial charge on any atom is 0.142 e. The molecule has 19 heavy (non-hydrogen) atoms. The number of halogens is 1. The van der Waals surface area contributed by atoms with Crippen LogP contribution in [0.25, 0.3) is 21.7 Å². The fraction of sp³-hybridized carbons (Fsp3) is 0.250. The summed E-state index contributed by atoms with van der Waals surface area (Å²) in [7, 11) is 0. The van der Waals surface area contributed by atoms with E-state index in [0.717, 1.165) is 32.5 Å². The zero-order chi connectivity index (χ0) is 13.0. The minimum Gasteiger partial charge on any atom is -0.459 e. The van der Waals surface area contributed by atoms with Crippen LogP contribution in [0.4, 0.5) is 0 Å². The van der Waals surface area contributed by atoms with E-state index in [1.54, 1.807) is 0 Å². The Kier molecular flexibility index (Phi) is 2.38. The molecule has 1 saturated carbocycles. The smallest absolute Gasteiger partial charge is 0.142 e. The van der Waals surface area contributed by atoms with E-state index in [9.17, 15) is 0 Å². The van der Waals surface area contributed by atoms with Gasteiger partial charge in [0.25, 0.3) is 0 Å². The maximum atomic E-state index is 6.33. The normalized spacial score (nSPS) is 17.2. The first-order valence-electron chi connectivity index (χ1n) is 6.60. The van der Waals surface area contributed by atoms with Crippen molar-refractivity contribution in [3.05, 3.63) is 47.2 Å². The summed E-state index contributed by atoms with van der Waals surface area (Å²) >= 11 is 6.33. The molecule has 1 aliphatic carbocycles. The van der Waals surface area contributed by atoms with E-state index in [4.69, 9.17) is 21.8 Å². The van der Waals surface area contributed by atoms with E-state index < -0.39 is 0 Å². The van der Waals surface area contributed by atoms with Crippen molar-refractivity contribution in [3.63, 3.8) is 0 Å². The molecular formula is C16H14ClNO. The molecule has 0 amide bonds. The van der Waals surface area contributed by atoms with E-state index in [1.165, 1.54) is 12.8 Å². The highest BCUT2D eigenvalue weighted by molar-refractivity contribution is 6.37. The highest BCUT2D eigenvalue weighted by Gasteiger charge is 2.31. The quantitative estimate of drug-likeness (QED) is 0.737. The number of rotatable bonds is 2. The molecule has 4 rings (SSSR count). The Bertz CT molecular complexity index is 773. The third-order valence-corrected chi connectivity index (χ3v) is 4.26. The molecule has 2 N–H and O–H groups in total. The van der Waals surface area contributed by atoms with Crippen LogP contribution in [0.1, 0.15) is 24.6 Å². The minimum atomic E-state index is 0.0185. The summed E-state index contributed by atoms with van der Waals surface area (Å²) in [6.07, 6.45) is 2.42. The lowest BCUT2D eigenvalue weighted by molar-refractivity contribution is 0.468. The molecule has 1 fully saturated rings. The predicted octanol–water partition coefficient (Wildman–Crippen LogP) is 4.65. The van der Waals surface area contributed by atoms with Crippen LogP contribution in [-0.2, 0) is 0 Å². The number of benzene rings is 2. The highest BCUT2D eigenvalue weighted by Crippen LogP contribution is 2.42. The van der Waals surface area contributed by atoms with Gasteiger partial charge in [0.1, 0.15) is 11.3 Å². The standard InChI is InChI=1S/C16H14ClNO/c17-13-7-10-8-14(15(18)9-5-6-9)19-16(10)12-4-2-1-3-11(12)13/h1-4,7-9,15H,5-6,18H2. The van der Waals surface area contributed by atoms with Gasteiger partial charge in [-0.1, -0.05) is 35.9 Å². The SMILES string of the molecule is NC(c1cc2cc(Cl)c3ccccc3c2o1)C1CC1. The molecule has 3 heteroatoms. The van der Waals surface area contributed by atoms with Gasteiger partial charge in [-0.3, -0.25) is 0 Å². The first-order chi connectivity index (χ1) is 9.24. The molecule has 0 aliphatic heterocycles. The van der Waals surface area contributed by atoms with Gasteiger partial charge in [0.05, 0.1) is 6.04 Å². The van der Waals surface area contributed by atoms with Crippen molar-refractivity contribution in [2.45, 2.75) is 18.9 Å². The van der Waals surface area contributed by atoms with Crippen molar-refractivity contribution in [3.8, 4) is 0 Å². The van der Waals surface area contributed by atoms with Crippen LogP contribution in [0.15, 0.2) is 40.8 Å². The summed E-state index contributed by atoms with van der Waals surface area (Å²) in [6.45, 7) is 0. The third-order valence-electron chi connectivity index (χ3n) is 3.95. The fourth-order valence-corrected chi connectivity index (χ4v) is 2.98. The van der Waals surface area contributed by atoms with E-state index in [1.807, 2.05) is 36.4 Å². The lowest BCUT2D eigenvalue weighted by atomic mass is 10.1. The second-order valence-electron chi connectivity index (χ2n) is 5.33. The topological polar surface area (TPSA) is 39.2 Å². The van der Waals surface area contributed by atoms with Crippen LogP contribution in [0.5, 0.6) is 0 Å². The average Bonchev–Trinajstić information content (AvgIpc) is 3.18. The lowest BCUT2D eigenvalue weighted by Gasteiger charge is -2.05. The molecule has 1 heterocycles. The monoisotopic (exact) mass is 271 g/mol. The summed E-state index contributed by atoms with van der Waals surface area (Å²) in [4.78, 5) is 0.